The van der Waals surface area contributed by atoms with Crippen molar-refractivity contribution in [1.29, 1.82) is 0 Å². The summed E-state index contributed by atoms with van der Waals surface area (Å²) in [6.07, 6.45) is 0. The minimum Gasteiger partial charge on any atom is -0.392 e. The van der Waals surface area contributed by atoms with Gasteiger partial charge in [0, 0.05) is 10.6 Å². The Morgan fingerprint density at radius 1 is 1.17 bits per heavy atom. The van der Waals surface area contributed by atoms with Crippen LogP contribution < -0.4 is 0 Å². The van der Waals surface area contributed by atoms with Crippen LogP contribution in [0.2, 0.25) is 0 Å². The van der Waals surface area contributed by atoms with Crippen molar-refractivity contribution in [3.05, 3.63) is 29.8 Å². The number of benzene rings is 1. The molecule has 1 N–H and O–H groups in total. The van der Waals surface area contributed by atoms with Crippen LogP contribution in [-0.2, 0) is 16.4 Å². The second-order valence-corrected chi connectivity index (χ2v) is 9.11. The third-order valence-electron chi connectivity index (χ3n) is 2.66. The molecule has 0 saturated carbocycles. The minimum atomic E-state index is -3.04. The van der Waals surface area contributed by atoms with Crippen LogP contribution in [0.25, 0.3) is 0 Å². The van der Waals surface area contributed by atoms with Gasteiger partial charge < -0.3 is 5.11 Å². The summed E-state index contributed by atoms with van der Waals surface area (Å²) < 4.78 is 23.1. The average molecular weight is 288 g/mol. The van der Waals surface area contributed by atoms with Gasteiger partial charge in [-0.3, -0.25) is 0 Å². The van der Waals surface area contributed by atoms with Crippen molar-refractivity contribution in [3.63, 3.8) is 0 Å². The highest BCUT2D eigenvalue weighted by Gasteiger charge is 2.28. The van der Waals surface area contributed by atoms with Gasteiger partial charge in [0.05, 0.1) is 17.1 Å². The van der Waals surface area contributed by atoms with Gasteiger partial charge in [-0.15, -0.1) is 11.8 Å². The summed E-state index contributed by atoms with van der Waals surface area (Å²) in [5.74, 6) is 0.737. The van der Waals surface area contributed by atoms with E-state index in [9.17, 15) is 8.42 Å². The lowest BCUT2D eigenvalue weighted by atomic mass is 10.2. The first kappa shape index (κ1) is 15.5. The van der Waals surface area contributed by atoms with E-state index in [-0.39, 0.29) is 12.4 Å². The monoisotopic (exact) mass is 288 g/mol. The fraction of sp³-hybridized carbons (Fsp3) is 0.538. The van der Waals surface area contributed by atoms with E-state index in [0.717, 1.165) is 10.5 Å². The van der Waals surface area contributed by atoms with E-state index in [1.165, 1.54) is 11.8 Å². The first-order valence-corrected chi connectivity index (χ1v) is 8.45. The molecule has 0 aliphatic heterocycles. The fourth-order valence-corrected chi connectivity index (χ4v) is 3.65. The molecule has 102 valence electrons. The van der Waals surface area contributed by atoms with Gasteiger partial charge in [-0.1, -0.05) is 12.1 Å². The topological polar surface area (TPSA) is 54.4 Å². The Morgan fingerprint density at radius 3 is 2.17 bits per heavy atom. The number of hydrogen-bond donors (Lipinski definition) is 1. The van der Waals surface area contributed by atoms with Gasteiger partial charge in [0.1, 0.15) is 0 Å². The van der Waals surface area contributed by atoms with Gasteiger partial charge >= 0.3 is 0 Å². The highest BCUT2D eigenvalue weighted by atomic mass is 32.2. The molecule has 1 aromatic carbocycles. The van der Waals surface area contributed by atoms with Crippen molar-refractivity contribution in [1.82, 2.24) is 0 Å². The predicted octanol–water partition coefficient (Wildman–Crippen LogP) is 2.48. The molecule has 0 saturated heterocycles. The van der Waals surface area contributed by atoms with Crippen LogP contribution in [-0.4, -0.2) is 29.8 Å². The molecule has 5 heteroatoms. The Hall–Kier alpha value is -0.520. The lowest BCUT2D eigenvalue weighted by molar-refractivity contribution is 0.282. The Morgan fingerprint density at radius 2 is 1.72 bits per heavy atom. The van der Waals surface area contributed by atoms with Crippen LogP contribution in [0.4, 0.5) is 0 Å². The summed E-state index contributed by atoms with van der Waals surface area (Å²) in [5, 5.41) is 8.91. The number of thioether (sulfide) groups is 1. The lowest BCUT2D eigenvalue weighted by Crippen LogP contribution is -2.31. The first-order valence-electron chi connectivity index (χ1n) is 5.81. The molecular weight excluding hydrogens is 268 g/mol. The molecule has 0 aliphatic carbocycles. The molecule has 0 atom stereocenters. The standard InChI is InChI=1S/C13H20O3S2/c1-13(2,3)18(15,16)9-8-17-12-6-4-11(10-14)5-7-12/h4-7,14H,8-10H2,1-3H3. The van der Waals surface area contributed by atoms with Gasteiger partial charge in [-0.2, -0.15) is 0 Å². The highest BCUT2D eigenvalue weighted by Crippen LogP contribution is 2.22. The maximum Gasteiger partial charge on any atom is 0.156 e. The Kier molecular flexibility index (Phi) is 5.25. The molecule has 0 spiro atoms. The van der Waals surface area contributed by atoms with Crippen LogP contribution in [0.1, 0.15) is 26.3 Å². The zero-order valence-electron chi connectivity index (χ0n) is 11.0. The molecule has 1 rings (SSSR count). The van der Waals surface area contributed by atoms with E-state index in [0.29, 0.717) is 5.75 Å². The third kappa shape index (κ3) is 4.30. The third-order valence-corrected chi connectivity index (χ3v) is 6.54. The van der Waals surface area contributed by atoms with Crippen LogP contribution in [0, 0.1) is 0 Å². The van der Waals surface area contributed by atoms with Crippen molar-refractivity contribution in [3.8, 4) is 0 Å². The van der Waals surface area contributed by atoms with E-state index in [2.05, 4.69) is 0 Å². The van der Waals surface area contributed by atoms with E-state index in [4.69, 9.17) is 5.11 Å². The summed E-state index contributed by atoms with van der Waals surface area (Å²) in [5.41, 5.74) is 0.863. The van der Waals surface area contributed by atoms with Crippen LogP contribution in [0.3, 0.4) is 0 Å². The number of rotatable bonds is 5. The molecule has 0 aliphatic rings. The van der Waals surface area contributed by atoms with Gasteiger partial charge in [0.25, 0.3) is 0 Å². The summed E-state index contributed by atoms with van der Waals surface area (Å²) in [6, 6.07) is 7.50. The molecule has 3 nitrogen and oxygen atoms in total. The number of aliphatic hydroxyl groups is 1. The van der Waals surface area contributed by atoms with E-state index < -0.39 is 14.6 Å². The Labute approximate surface area is 114 Å². The molecule has 0 bridgehead atoms. The Bertz CT molecular complexity index is 470. The SMILES string of the molecule is CC(C)(C)S(=O)(=O)CCSc1ccc(CO)cc1. The maximum atomic E-state index is 11.9. The van der Waals surface area contributed by atoms with E-state index >= 15 is 0 Å². The minimum absolute atomic E-state index is 0.0311. The summed E-state index contributed by atoms with van der Waals surface area (Å²) >= 11 is 1.52. The second kappa shape index (κ2) is 6.08. The van der Waals surface area contributed by atoms with Gasteiger partial charge in [0.2, 0.25) is 0 Å². The van der Waals surface area contributed by atoms with Crippen LogP contribution >= 0.6 is 11.8 Å². The van der Waals surface area contributed by atoms with Crippen LogP contribution in [0.5, 0.6) is 0 Å². The van der Waals surface area contributed by atoms with Gasteiger partial charge in [-0.05, 0) is 38.5 Å². The van der Waals surface area contributed by atoms with Crippen molar-refractivity contribution in [2.75, 3.05) is 11.5 Å². The lowest BCUT2D eigenvalue weighted by Gasteiger charge is -2.18. The highest BCUT2D eigenvalue weighted by molar-refractivity contribution is 8.01. The number of hydrogen-bond acceptors (Lipinski definition) is 4. The summed E-state index contributed by atoms with van der Waals surface area (Å²) in [6.45, 7) is 5.21. The quantitative estimate of drug-likeness (QED) is 0.846. The predicted molar refractivity (Wildman–Crippen MR) is 76.6 cm³/mol. The zero-order chi connectivity index (χ0) is 13.8. The molecule has 0 unspecified atom stereocenters. The molecule has 0 fully saturated rings. The summed E-state index contributed by atoms with van der Waals surface area (Å²) in [7, 11) is -3.04. The zero-order valence-corrected chi connectivity index (χ0v) is 12.6. The van der Waals surface area contributed by atoms with Crippen molar-refractivity contribution in [2.45, 2.75) is 37.0 Å². The molecule has 1 aromatic rings. The number of sulfone groups is 1. The van der Waals surface area contributed by atoms with Gasteiger partial charge in [0.15, 0.2) is 9.84 Å². The van der Waals surface area contributed by atoms with Crippen molar-refractivity contribution in [2.24, 2.45) is 0 Å². The molecule has 0 heterocycles. The smallest absolute Gasteiger partial charge is 0.156 e. The van der Waals surface area contributed by atoms with E-state index in [1.54, 1.807) is 20.8 Å². The molecule has 0 radical (unpaired) electrons. The van der Waals surface area contributed by atoms with Crippen LogP contribution in [0.15, 0.2) is 29.2 Å². The molecule has 0 amide bonds. The second-order valence-electron chi connectivity index (χ2n) is 5.08. The first-order chi connectivity index (χ1) is 8.26. The molecule has 18 heavy (non-hydrogen) atoms. The molecular formula is C13H20O3S2. The van der Waals surface area contributed by atoms with E-state index in [1.807, 2.05) is 24.3 Å². The number of aliphatic hydroxyl groups excluding tert-OH is 1. The Balaban J connectivity index is 2.52. The average Bonchev–Trinajstić information content (AvgIpc) is 2.28. The fourth-order valence-electron chi connectivity index (χ4n) is 1.27. The van der Waals surface area contributed by atoms with Crippen molar-refractivity contribution >= 4 is 21.6 Å². The summed E-state index contributed by atoms with van der Waals surface area (Å²) in [4.78, 5) is 1.02. The van der Waals surface area contributed by atoms with Crippen molar-refractivity contribution < 1.29 is 13.5 Å². The normalized spacial score (nSPS) is 12.7. The van der Waals surface area contributed by atoms with Gasteiger partial charge in [-0.25, -0.2) is 8.42 Å². The maximum absolute atomic E-state index is 11.9. The molecule has 0 aromatic heterocycles. The largest absolute Gasteiger partial charge is 0.392 e.